The van der Waals surface area contributed by atoms with E-state index in [4.69, 9.17) is 0 Å². The summed E-state index contributed by atoms with van der Waals surface area (Å²) < 4.78 is 0. The molecule has 0 heterocycles. The van der Waals surface area contributed by atoms with Crippen LogP contribution in [0.3, 0.4) is 0 Å². The third-order valence-electron chi connectivity index (χ3n) is 2.56. The zero-order chi connectivity index (χ0) is 11.5. The predicted octanol–water partition coefficient (Wildman–Crippen LogP) is 2.56. The number of unbranched alkanes of at least 4 members (excludes halogenated alkanes) is 1. The lowest BCUT2D eigenvalue weighted by Crippen LogP contribution is -2.19. The van der Waals surface area contributed by atoms with E-state index in [1.165, 1.54) is 24.8 Å². The van der Waals surface area contributed by atoms with Crippen LogP contribution in [0, 0.1) is 0 Å². The van der Waals surface area contributed by atoms with Crippen molar-refractivity contribution in [1.29, 1.82) is 0 Å². The van der Waals surface area contributed by atoms with Gasteiger partial charge in [0.05, 0.1) is 0 Å². The molecule has 0 saturated heterocycles. The van der Waals surface area contributed by atoms with Gasteiger partial charge < -0.3 is 10.6 Å². The Morgan fingerprint density at radius 1 is 0.875 bits per heavy atom. The van der Waals surface area contributed by atoms with Gasteiger partial charge in [0.15, 0.2) is 0 Å². The molecule has 0 unspecified atom stereocenters. The highest BCUT2D eigenvalue weighted by Gasteiger charge is 1.91. The average molecular weight is 220 g/mol. The fraction of sp³-hybridized carbons (Fsp3) is 0.571. The first-order valence-corrected chi connectivity index (χ1v) is 6.39. The minimum atomic E-state index is 0.989. The van der Waals surface area contributed by atoms with Gasteiger partial charge in [0.25, 0.3) is 0 Å². The Kier molecular flexibility index (Phi) is 7.74. The molecule has 0 atom stereocenters. The first-order chi connectivity index (χ1) is 7.93. The van der Waals surface area contributed by atoms with Crippen LogP contribution in [0.2, 0.25) is 0 Å². The van der Waals surface area contributed by atoms with Gasteiger partial charge in [-0.3, -0.25) is 0 Å². The largest absolute Gasteiger partial charge is 0.317 e. The lowest BCUT2D eigenvalue weighted by Gasteiger charge is -2.05. The second kappa shape index (κ2) is 9.37. The molecule has 0 aliphatic carbocycles. The Balaban J connectivity index is 1.89. The smallest absolute Gasteiger partial charge is 0.0205 e. The van der Waals surface area contributed by atoms with Gasteiger partial charge in [0.1, 0.15) is 0 Å². The molecule has 0 bridgehead atoms. The monoisotopic (exact) mass is 220 g/mol. The molecule has 0 saturated carbocycles. The van der Waals surface area contributed by atoms with Gasteiger partial charge in [-0.05, 0) is 44.5 Å². The van der Waals surface area contributed by atoms with E-state index in [1.807, 2.05) is 0 Å². The van der Waals surface area contributed by atoms with Crippen molar-refractivity contribution in [2.75, 3.05) is 19.6 Å². The standard InChI is InChI=1S/C14H24N2/c1-2-10-15-11-6-7-12-16-13-14-8-4-3-5-9-14/h3-5,8-9,15-16H,2,6-7,10-13H2,1H3. The molecule has 0 spiro atoms. The molecule has 1 aromatic rings. The molecule has 0 aliphatic rings. The maximum Gasteiger partial charge on any atom is 0.0205 e. The maximum atomic E-state index is 3.46. The second-order valence-corrected chi connectivity index (χ2v) is 4.12. The van der Waals surface area contributed by atoms with Crippen molar-refractivity contribution in [3.05, 3.63) is 35.9 Å². The Hall–Kier alpha value is -0.860. The summed E-state index contributed by atoms with van der Waals surface area (Å²) >= 11 is 0. The van der Waals surface area contributed by atoms with Crippen molar-refractivity contribution in [2.24, 2.45) is 0 Å². The normalized spacial score (nSPS) is 10.6. The van der Waals surface area contributed by atoms with Gasteiger partial charge in [-0.15, -0.1) is 0 Å². The van der Waals surface area contributed by atoms with Crippen molar-refractivity contribution in [3.63, 3.8) is 0 Å². The Morgan fingerprint density at radius 2 is 1.56 bits per heavy atom. The van der Waals surface area contributed by atoms with E-state index in [1.54, 1.807) is 0 Å². The average Bonchev–Trinajstić information content (AvgIpc) is 2.34. The van der Waals surface area contributed by atoms with E-state index in [0.717, 1.165) is 26.2 Å². The van der Waals surface area contributed by atoms with E-state index in [9.17, 15) is 0 Å². The summed E-state index contributed by atoms with van der Waals surface area (Å²) in [6.45, 7) is 6.61. The van der Waals surface area contributed by atoms with Gasteiger partial charge in [0.2, 0.25) is 0 Å². The molecule has 2 heteroatoms. The molecular formula is C14H24N2. The highest BCUT2D eigenvalue weighted by Crippen LogP contribution is 1.97. The third-order valence-corrected chi connectivity index (χ3v) is 2.56. The highest BCUT2D eigenvalue weighted by atomic mass is 14.9. The minimum Gasteiger partial charge on any atom is -0.317 e. The van der Waals surface area contributed by atoms with Gasteiger partial charge in [-0.25, -0.2) is 0 Å². The molecule has 0 fully saturated rings. The molecule has 0 aliphatic heterocycles. The number of nitrogens with one attached hydrogen (secondary N) is 2. The molecular weight excluding hydrogens is 196 g/mol. The summed E-state index contributed by atoms with van der Waals surface area (Å²) in [4.78, 5) is 0. The van der Waals surface area contributed by atoms with Gasteiger partial charge in [-0.1, -0.05) is 37.3 Å². The number of benzene rings is 1. The van der Waals surface area contributed by atoms with Crippen LogP contribution in [0.4, 0.5) is 0 Å². The molecule has 2 N–H and O–H groups in total. The van der Waals surface area contributed by atoms with Gasteiger partial charge >= 0.3 is 0 Å². The molecule has 0 amide bonds. The van der Waals surface area contributed by atoms with Crippen LogP contribution in [0.5, 0.6) is 0 Å². The summed E-state index contributed by atoms with van der Waals surface area (Å²) in [7, 11) is 0. The van der Waals surface area contributed by atoms with Crippen LogP contribution in [-0.4, -0.2) is 19.6 Å². The highest BCUT2D eigenvalue weighted by molar-refractivity contribution is 5.14. The van der Waals surface area contributed by atoms with E-state index < -0.39 is 0 Å². The van der Waals surface area contributed by atoms with Crippen molar-refractivity contribution < 1.29 is 0 Å². The van der Waals surface area contributed by atoms with Crippen molar-refractivity contribution in [3.8, 4) is 0 Å². The fourth-order valence-electron chi connectivity index (χ4n) is 1.63. The first kappa shape index (κ1) is 13.2. The maximum absolute atomic E-state index is 3.46. The van der Waals surface area contributed by atoms with Crippen molar-refractivity contribution in [2.45, 2.75) is 32.7 Å². The number of hydrogen-bond acceptors (Lipinski definition) is 2. The second-order valence-electron chi connectivity index (χ2n) is 4.12. The summed E-state index contributed by atoms with van der Waals surface area (Å²) in [5.74, 6) is 0. The predicted molar refractivity (Wildman–Crippen MR) is 70.5 cm³/mol. The number of rotatable bonds is 9. The van der Waals surface area contributed by atoms with Crippen LogP contribution < -0.4 is 10.6 Å². The zero-order valence-corrected chi connectivity index (χ0v) is 10.3. The first-order valence-electron chi connectivity index (χ1n) is 6.39. The molecule has 1 rings (SSSR count). The minimum absolute atomic E-state index is 0.989. The molecule has 90 valence electrons. The van der Waals surface area contributed by atoms with Gasteiger partial charge in [-0.2, -0.15) is 0 Å². The third kappa shape index (κ3) is 6.59. The van der Waals surface area contributed by atoms with Crippen LogP contribution in [0.1, 0.15) is 31.7 Å². The molecule has 2 nitrogen and oxygen atoms in total. The SMILES string of the molecule is CCCNCCCCNCc1ccccc1. The topological polar surface area (TPSA) is 24.1 Å². The molecule has 0 aromatic heterocycles. The van der Waals surface area contributed by atoms with E-state index in [-0.39, 0.29) is 0 Å². The summed E-state index contributed by atoms with van der Waals surface area (Å²) in [5, 5.41) is 6.88. The van der Waals surface area contributed by atoms with Crippen LogP contribution >= 0.6 is 0 Å². The zero-order valence-electron chi connectivity index (χ0n) is 10.3. The summed E-state index contributed by atoms with van der Waals surface area (Å²) in [5.41, 5.74) is 1.37. The Morgan fingerprint density at radius 3 is 2.25 bits per heavy atom. The lowest BCUT2D eigenvalue weighted by molar-refractivity contribution is 0.580. The van der Waals surface area contributed by atoms with Crippen LogP contribution in [0.15, 0.2) is 30.3 Å². The van der Waals surface area contributed by atoms with Crippen LogP contribution in [0.25, 0.3) is 0 Å². The molecule has 1 aromatic carbocycles. The molecule has 16 heavy (non-hydrogen) atoms. The summed E-state index contributed by atoms with van der Waals surface area (Å²) in [6.07, 6.45) is 3.75. The summed E-state index contributed by atoms with van der Waals surface area (Å²) in [6, 6.07) is 10.6. The van der Waals surface area contributed by atoms with E-state index in [2.05, 4.69) is 47.9 Å². The lowest BCUT2D eigenvalue weighted by atomic mass is 10.2. The van der Waals surface area contributed by atoms with E-state index >= 15 is 0 Å². The van der Waals surface area contributed by atoms with Gasteiger partial charge in [0, 0.05) is 6.54 Å². The van der Waals surface area contributed by atoms with Crippen molar-refractivity contribution in [1.82, 2.24) is 10.6 Å². The van der Waals surface area contributed by atoms with E-state index in [0.29, 0.717) is 0 Å². The Labute approximate surface area is 99.5 Å². The fourth-order valence-corrected chi connectivity index (χ4v) is 1.63. The molecule has 0 radical (unpaired) electrons. The van der Waals surface area contributed by atoms with Crippen molar-refractivity contribution >= 4 is 0 Å². The quantitative estimate of drug-likeness (QED) is 0.625. The van der Waals surface area contributed by atoms with Crippen LogP contribution in [-0.2, 0) is 6.54 Å². The Bertz CT molecular complexity index is 246. The number of hydrogen-bond donors (Lipinski definition) is 2.